The molecule has 4 nitrogen and oxygen atoms in total. The first-order chi connectivity index (χ1) is 16.3. The van der Waals surface area contributed by atoms with Gasteiger partial charge in [-0.25, -0.2) is 4.39 Å². The predicted octanol–water partition coefficient (Wildman–Crippen LogP) is 6.61. The zero-order valence-corrected chi connectivity index (χ0v) is 21.3. The SMILES string of the molecule is CCC(C)N(CC(=O)N1CCc2sccc2C1c1ccc(F)cc1)C(=O)c1cc(Cl)cc(Cl)c1. The van der Waals surface area contributed by atoms with Gasteiger partial charge in [0.2, 0.25) is 5.91 Å². The second-order valence-corrected chi connectivity index (χ2v) is 10.3. The monoisotopic (exact) mass is 518 g/mol. The van der Waals surface area contributed by atoms with Crippen molar-refractivity contribution in [3.05, 3.63) is 91.3 Å². The molecule has 2 unspecified atom stereocenters. The number of hydrogen-bond acceptors (Lipinski definition) is 3. The van der Waals surface area contributed by atoms with Gasteiger partial charge >= 0.3 is 0 Å². The van der Waals surface area contributed by atoms with Crippen molar-refractivity contribution in [2.24, 2.45) is 0 Å². The van der Waals surface area contributed by atoms with E-state index in [0.29, 0.717) is 28.6 Å². The topological polar surface area (TPSA) is 40.6 Å². The summed E-state index contributed by atoms with van der Waals surface area (Å²) in [5, 5.41) is 2.75. The fourth-order valence-corrected chi connectivity index (χ4v) is 5.75. The van der Waals surface area contributed by atoms with Gasteiger partial charge in [-0.15, -0.1) is 11.3 Å². The van der Waals surface area contributed by atoms with Crippen LogP contribution in [0.2, 0.25) is 10.0 Å². The fourth-order valence-electron chi connectivity index (χ4n) is 4.32. The maximum absolute atomic E-state index is 13.7. The van der Waals surface area contributed by atoms with Crippen LogP contribution in [0, 0.1) is 5.82 Å². The van der Waals surface area contributed by atoms with Gasteiger partial charge in [0, 0.05) is 33.1 Å². The van der Waals surface area contributed by atoms with Crippen LogP contribution in [-0.2, 0) is 11.2 Å². The van der Waals surface area contributed by atoms with Gasteiger partial charge in [-0.05, 0) is 72.7 Å². The van der Waals surface area contributed by atoms with Crippen molar-refractivity contribution in [2.75, 3.05) is 13.1 Å². The molecule has 178 valence electrons. The molecule has 0 aliphatic carbocycles. The van der Waals surface area contributed by atoms with Crippen molar-refractivity contribution in [2.45, 2.75) is 38.8 Å². The molecule has 2 amide bonds. The zero-order valence-electron chi connectivity index (χ0n) is 18.9. The van der Waals surface area contributed by atoms with E-state index in [-0.39, 0.29) is 36.3 Å². The fraction of sp³-hybridized carbons (Fsp3) is 0.308. The molecule has 0 bridgehead atoms. The van der Waals surface area contributed by atoms with Crippen LogP contribution >= 0.6 is 34.5 Å². The highest BCUT2D eigenvalue weighted by atomic mass is 35.5. The van der Waals surface area contributed by atoms with Crippen LogP contribution in [0.3, 0.4) is 0 Å². The first kappa shape index (κ1) is 24.7. The number of rotatable bonds is 6. The first-order valence-electron chi connectivity index (χ1n) is 11.2. The first-order valence-corrected chi connectivity index (χ1v) is 12.8. The Morgan fingerprint density at radius 1 is 1.15 bits per heavy atom. The van der Waals surface area contributed by atoms with Gasteiger partial charge in [0.05, 0.1) is 6.04 Å². The molecule has 0 fully saturated rings. The van der Waals surface area contributed by atoms with Crippen LogP contribution in [0.15, 0.2) is 53.9 Å². The summed E-state index contributed by atoms with van der Waals surface area (Å²) in [6, 6.07) is 12.5. The number of thiophene rings is 1. The average molecular weight is 519 g/mol. The third-order valence-electron chi connectivity index (χ3n) is 6.27. The van der Waals surface area contributed by atoms with Gasteiger partial charge in [0.25, 0.3) is 5.91 Å². The Morgan fingerprint density at radius 3 is 2.47 bits per heavy atom. The molecule has 2 heterocycles. The Morgan fingerprint density at radius 2 is 1.82 bits per heavy atom. The summed E-state index contributed by atoms with van der Waals surface area (Å²) in [6.45, 7) is 4.34. The molecule has 0 spiro atoms. The van der Waals surface area contributed by atoms with Crippen molar-refractivity contribution in [1.82, 2.24) is 9.80 Å². The lowest BCUT2D eigenvalue weighted by atomic mass is 9.93. The normalized spacial score (nSPS) is 16.1. The quantitative estimate of drug-likeness (QED) is 0.368. The lowest BCUT2D eigenvalue weighted by molar-refractivity contribution is -0.134. The molecule has 1 aliphatic heterocycles. The van der Waals surface area contributed by atoms with Crippen molar-refractivity contribution >= 4 is 46.4 Å². The lowest BCUT2D eigenvalue weighted by Gasteiger charge is -2.38. The number of carbonyl (C=O) groups is 2. The molecule has 2 aromatic carbocycles. The molecule has 2 atom stereocenters. The van der Waals surface area contributed by atoms with Crippen LogP contribution in [0.25, 0.3) is 0 Å². The van der Waals surface area contributed by atoms with E-state index in [9.17, 15) is 14.0 Å². The number of amides is 2. The van der Waals surface area contributed by atoms with Gasteiger partial charge in [0.15, 0.2) is 0 Å². The van der Waals surface area contributed by atoms with E-state index in [1.165, 1.54) is 17.0 Å². The Bertz CT molecular complexity index is 1180. The summed E-state index contributed by atoms with van der Waals surface area (Å²) in [5.41, 5.74) is 2.25. The largest absolute Gasteiger partial charge is 0.330 e. The van der Waals surface area contributed by atoms with E-state index in [1.807, 2.05) is 25.3 Å². The zero-order chi connectivity index (χ0) is 24.4. The summed E-state index contributed by atoms with van der Waals surface area (Å²) in [5.74, 6) is -0.775. The minimum Gasteiger partial charge on any atom is -0.330 e. The molecular weight excluding hydrogens is 494 g/mol. The summed E-state index contributed by atoms with van der Waals surface area (Å²) in [4.78, 5) is 31.7. The molecule has 34 heavy (non-hydrogen) atoms. The van der Waals surface area contributed by atoms with Crippen LogP contribution in [0.4, 0.5) is 4.39 Å². The lowest BCUT2D eigenvalue weighted by Crippen LogP contribution is -2.49. The smallest absolute Gasteiger partial charge is 0.254 e. The second kappa shape index (κ2) is 10.5. The summed E-state index contributed by atoms with van der Waals surface area (Å²) in [6.07, 6.45) is 1.43. The van der Waals surface area contributed by atoms with E-state index in [0.717, 1.165) is 17.5 Å². The Labute approximate surface area is 212 Å². The average Bonchev–Trinajstić information content (AvgIpc) is 3.30. The molecule has 1 aromatic heterocycles. The molecular formula is C26H25Cl2FN2O2S. The number of carbonyl (C=O) groups excluding carboxylic acids is 2. The van der Waals surface area contributed by atoms with Crippen molar-refractivity contribution in [3.8, 4) is 0 Å². The highest BCUT2D eigenvalue weighted by molar-refractivity contribution is 7.10. The number of benzene rings is 2. The molecule has 0 saturated heterocycles. The van der Waals surface area contributed by atoms with Crippen molar-refractivity contribution in [3.63, 3.8) is 0 Å². The Kier molecular flexibility index (Phi) is 7.60. The molecule has 0 radical (unpaired) electrons. The number of fused-ring (bicyclic) bond motifs is 1. The predicted molar refractivity (Wildman–Crippen MR) is 135 cm³/mol. The van der Waals surface area contributed by atoms with Crippen LogP contribution < -0.4 is 0 Å². The summed E-state index contributed by atoms with van der Waals surface area (Å²) >= 11 is 13.9. The third-order valence-corrected chi connectivity index (χ3v) is 7.70. The molecule has 1 aliphatic rings. The van der Waals surface area contributed by atoms with E-state index in [4.69, 9.17) is 23.2 Å². The molecule has 8 heteroatoms. The molecule has 0 saturated carbocycles. The maximum atomic E-state index is 13.7. The van der Waals surface area contributed by atoms with Gasteiger partial charge < -0.3 is 9.80 Å². The van der Waals surface area contributed by atoms with Crippen molar-refractivity contribution < 1.29 is 14.0 Å². The van der Waals surface area contributed by atoms with Crippen LogP contribution in [0.5, 0.6) is 0 Å². The van der Waals surface area contributed by atoms with E-state index >= 15 is 0 Å². The van der Waals surface area contributed by atoms with Crippen LogP contribution in [-0.4, -0.2) is 40.7 Å². The van der Waals surface area contributed by atoms with Gasteiger partial charge in [0.1, 0.15) is 12.4 Å². The third kappa shape index (κ3) is 5.14. The number of nitrogens with zero attached hydrogens (tertiary/aromatic N) is 2. The highest BCUT2D eigenvalue weighted by Gasteiger charge is 2.35. The maximum Gasteiger partial charge on any atom is 0.254 e. The summed E-state index contributed by atoms with van der Waals surface area (Å²) in [7, 11) is 0. The molecule has 4 rings (SSSR count). The Hall–Kier alpha value is -2.41. The minimum atomic E-state index is -0.322. The standard InChI is InChI=1S/C26H25Cl2FN2O2S/c1-3-16(2)31(26(33)18-12-19(27)14-20(28)13-18)15-24(32)30-10-8-23-22(9-11-34-23)25(30)17-4-6-21(29)7-5-17/h4-7,9,11-14,16,25H,3,8,10,15H2,1-2H3. The minimum absolute atomic E-state index is 0.0743. The Balaban J connectivity index is 1.65. The summed E-state index contributed by atoms with van der Waals surface area (Å²) < 4.78 is 13.6. The van der Waals surface area contributed by atoms with E-state index in [1.54, 1.807) is 51.5 Å². The number of halogens is 3. The molecule has 3 aromatic rings. The van der Waals surface area contributed by atoms with E-state index < -0.39 is 0 Å². The van der Waals surface area contributed by atoms with Gasteiger partial charge in [-0.3, -0.25) is 9.59 Å². The molecule has 0 N–H and O–H groups in total. The number of hydrogen-bond donors (Lipinski definition) is 0. The van der Waals surface area contributed by atoms with Crippen molar-refractivity contribution in [1.29, 1.82) is 0 Å². The highest BCUT2D eigenvalue weighted by Crippen LogP contribution is 2.38. The van der Waals surface area contributed by atoms with Gasteiger partial charge in [-0.2, -0.15) is 0 Å². The van der Waals surface area contributed by atoms with Crippen LogP contribution in [0.1, 0.15) is 52.7 Å². The second-order valence-electron chi connectivity index (χ2n) is 8.44. The van der Waals surface area contributed by atoms with E-state index in [2.05, 4.69) is 0 Å². The van der Waals surface area contributed by atoms with Gasteiger partial charge in [-0.1, -0.05) is 42.3 Å².